The summed E-state index contributed by atoms with van der Waals surface area (Å²) in [5.41, 5.74) is 27.9. The Kier molecular flexibility index (Phi) is 50.2. The number of amides is 20. The van der Waals surface area contributed by atoms with E-state index in [4.69, 9.17) is 33.8 Å². The van der Waals surface area contributed by atoms with Crippen molar-refractivity contribution in [3.8, 4) is 0 Å². The zero-order valence-electron chi connectivity index (χ0n) is 77.1. The van der Waals surface area contributed by atoms with Gasteiger partial charge in [-0.15, -0.1) is 0 Å². The highest BCUT2D eigenvalue weighted by molar-refractivity contribution is 7.98. The quantitative estimate of drug-likeness (QED) is 0.0269. The molecule has 0 saturated carbocycles. The molecule has 3 saturated heterocycles. The number of thioether (sulfide) groups is 2. The van der Waals surface area contributed by atoms with Gasteiger partial charge in [0.1, 0.15) is 90.6 Å². The van der Waals surface area contributed by atoms with E-state index in [0.717, 1.165) is 14.7 Å². The maximum atomic E-state index is 14.8. The molecule has 48 nitrogen and oxygen atoms in total. The number of carbonyl (C=O) groups is 23. The van der Waals surface area contributed by atoms with Gasteiger partial charge in [0, 0.05) is 51.7 Å². The maximum Gasteiger partial charge on any atom is 0.326 e. The predicted octanol–water partition coefficient (Wildman–Crippen LogP) is -6.61. The molecular weight excluding hydrogens is 1790 g/mol. The van der Waals surface area contributed by atoms with Crippen molar-refractivity contribution in [3.63, 3.8) is 0 Å². The van der Waals surface area contributed by atoms with Crippen molar-refractivity contribution in [2.24, 2.45) is 52.3 Å². The summed E-state index contributed by atoms with van der Waals surface area (Å²) < 4.78 is 0. The number of nitrogens with two attached hydrogens (primary N) is 5. The van der Waals surface area contributed by atoms with Crippen LogP contribution in [0, 0.1) is 23.7 Å². The van der Waals surface area contributed by atoms with Gasteiger partial charge < -0.3 is 133 Å². The summed E-state index contributed by atoms with van der Waals surface area (Å²) in [6.07, 6.45) is -3.54. The number of aliphatic carboxylic acids is 3. The van der Waals surface area contributed by atoms with E-state index in [1.54, 1.807) is 40.2 Å². The number of nitrogens with one attached hydrogen (secondary N) is 13. The van der Waals surface area contributed by atoms with Gasteiger partial charge >= 0.3 is 17.9 Å². The number of primary amides is 4. The van der Waals surface area contributed by atoms with E-state index in [-0.39, 0.29) is 132 Å². The number of hydrogen-bond donors (Lipinski definition) is 22. The van der Waals surface area contributed by atoms with Gasteiger partial charge in [-0.25, -0.2) is 4.79 Å². The molecule has 17 atom stereocenters. The number of carbonyl (C=O) groups excluding carboxylic acids is 20. The van der Waals surface area contributed by atoms with Crippen LogP contribution in [0.4, 0.5) is 0 Å². The highest BCUT2D eigenvalue weighted by atomic mass is 32.2. The Morgan fingerprint density at radius 1 is 0.346 bits per heavy atom. The van der Waals surface area contributed by atoms with Gasteiger partial charge in [0.2, 0.25) is 118 Å². The van der Waals surface area contributed by atoms with Gasteiger partial charge in [-0.3, -0.25) is 105 Å². The van der Waals surface area contributed by atoms with Crippen molar-refractivity contribution in [2.45, 2.75) is 306 Å². The van der Waals surface area contributed by atoms with Crippen LogP contribution >= 0.6 is 23.5 Å². The third kappa shape index (κ3) is 40.4. The van der Waals surface area contributed by atoms with Gasteiger partial charge in [0.05, 0.1) is 25.1 Å². The lowest BCUT2D eigenvalue weighted by Gasteiger charge is -2.33. The summed E-state index contributed by atoms with van der Waals surface area (Å²) in [5.74, 6) is -24.5. The fourth-order valence-corrected chi connectivity index (χ4v) is 16.0. The first-order chi connectivity index (χ1) is 62.3. The molecule has 3 rings (SSSR count). The third-order valence-electron chi connectivity index (χ3n) is 22.0. The lowest BCUT2D eigenvalue weighted by Crippen LogP contribution is -2.61. The largest absolute Gasteiger partial charge is 0.481 e. The Morgan fingerprint density at radius 3 is 1.04 bits per heavy atom. The summed E-state index contributed by atoms with van der Waals surface area (Å²) in [4.78, 5) is 314. The highest BCUT2D eigenvalue weighted by Gasteiger charge is 2.46. The Bertz CT molecular complexity index is 4120. The monoisotopic (exact) mass is 1920 g/mol. The summed E-state index contributed by atoms with van der Waals surface area (Å²) in [5, 5.41) is 71.5. The van der Waals surface area contributed by atoms with Crippen LogP contribution in [0.1, 0.15) is 204 Å². The molecule has 133 heavy (non-hydrogen) atoms. The topological polar surface area (TPSA) is 770 Å². The highest BCUT2D eigenvalue weighted by Crippen LogP contribution is 2.26. The van der Waals surface area contributed by atoms with Gasteiger partial charge in [0.15, 0.2) is 0 Å². The van der Waals surface area contributed by atoms with Crippen LogP contribution in [-0.2, 0) is 110 Å². The van der Waals surface area contributed by atoms with Crippen LogP contribution in [0.5, 0.6) is 0 Å². The minimum Gasteiger partial charge on any atom is -0.481 e. The van der Waals surface area contributed by atoms with E-state index < -0.39 is 309 Å². The summed E-state index contributed by atoms with van der Waals surface area (Å²) in [6.45, 7) is 13.6. The molecule has 0 aromatic rings. The van der Waals surface area contributed by atoms with E-state index in [9.17, 15) is 126 Å². The van der Waals surface area contributed by atoms with Crippen molar-refractivity contribution in [1.29, 1.82) is 0 Å². The fraction of sp³-hybridized carbons (Fsp3) is 0.723. The molecule has 0 aromatic heterocycles. The molecule has 0 spiro atoms. The van der Waals surface area contributed by atoms with Crippen LogP contribution in [-0.4, -0.2) is 324 Å². The van der Waals surface area contributed by atoms with Gasteiger partial charge in [-0.2, -0.15) is 23.5 Å². The van der Waals surface area contributed by atoms with Crippen LogP contribution in [0.3, 0.4) is 0 Å². The molecule has 748 valence electrons. The van der Waals surface area contributed by atoms with Crippen LogP contribution in [0.2, 0.25) is 0 Å². The van der Waals surface area contributed by atoms with Crippen molar-refractivity contribution in [3.05, 3.63) is 0 Å². The van der Waals surface area contributed by atoms with E-state index in [2.05, 4.69) is 63.8 Å². The molecule has 0 radical (unpaired) electrons. The molecule has 3 fully saturated rings. The van der Waals surface area contributed by atoms with Crippen molar-refractivity contribution in [1.82, 2.24) is 83.8 Å². The molecule has 0 unspecified atom stereocenters. The van der Waals surface area contributed by atoms with Crippen LogP contribution < -0.4 is 97.8 Å². The average Bonchev–Trinajstić information content (AvgIpc) is 1.70. The second-order valence-corrected chi connectivity index (χ2v) is 36.8. The molecule has 0 aromatic carbocycles. The predicted molar refractivity (Wildman–Crippen MR) is 480 cm³/mol. The first-order valence-corrected chi connectivity index (χ1v) is 47.2. The number of nitrogens with zero attached hydrogens (tertiary/aromatic N) is 3. The lowest BCUT2D eigenvalue weighted by molar-refractivity contribution is -0.147. The third-order valence-corrected chi connectivity index (χ3v) is 23.3. The first kappa shape index (κ1) is 116. The van der Waals surface area contributed by atoms with E-state index in [1.165, 1.54) is 44.3 Å². The van der Waals surface area contributed by atoms with E-state index in [0.29, 0.717) is 0 Å². The normalized spacial score (nSPS) is 17.9. The molecule has 3 aliphatic rings. The average molecular weight is 1930 g/mol. The van der Waals surface area contributed by atoms with Crippen molar-refractivity contribution < 1.29 is 131 Å². The number of hydrogen-bond acceptors (Lipinski definition) is 27. The maximum absolute atomic E-state index is 14.8. The van der Waals surface area contributed by atoms with E-state index >= 15 is 0 Å². The molecule has 27 N–H and O–H groups in total. The Morgan fingerprint density at radius 2 is 0.662 bits per heavy atom. The number of likely N-dealkylation sites (tertiary alicyclic amines) is 3. The van der Waals surface area contributed by atoms with Crippen molar-refractivity contribution >= 4 is 160 Å². The number of aliphatic hydroxyl groups excluding tert-OH is 1. The molecule has 50 heteroatoms. The lowest BCUT2D eigenvalue weighted by atomic mass is 9.98. The second-order valence-electron chi connectivity index (χ2n) is 34.9. The number of carboxylic acid groups (broad SMARTS) is 3. The molecular formula is C83H137N21O27S2. The molecule has 20 amide bonds. The molecule has 3 aliphatic heterocycles. The number of rotatable bonds is 61. The summed E-state index contributed by atoms with van der Waals surface area (Å²) >= 11 is 2.51. The zero-order valence-corrected chi connectivity index (χ0v) is 78.8. The molecule has 3 heterocycles. The smallest absolute Gasteiger partial charge is 0.326 e. The number of aliphatic hydroxyl groups is 1. The van der Waals surface area contributed by atoms with Crippen LogP contribution in [0.15, 0.2) is 0 Å². The Hall–Kier alpha value is -11.6. The van der Waals surface area contributed by atoms with Crippen LogP contribution in [0.25, 0.3) is 0 Å². The van der Waals surface area contributed by atoms with Crippen molar-refractivity contribution in [2.75, 3.05) is 50.2 Å². The van der Waals surface area contributed by atoms with Gasteiger partial charge in [0.25, 0.3) is 0 Å². The van der Waals surface area contributed by atoms with Gasteiger partial charge in [-0.05, 0) is 157 Å². The summed E-state index contributed by atoms with van der Waals surface area (Å²) in [7, 11) is 0. The SMILES string of the molecule is CSCC[C@H](NC(=O)[C@H](CCSC)NC(=O)[C@@H](NC(=O)[C@H](CCC(N)=O)NC(=O)[C@H](CC(C)C)NC(=O)[C@H](CC(C)C)NC(=O)[C@@H]1CCCN1C(=O)[C@H](CCC(N)=O)NC(=O)[C@@H]1CCCN1C(=O)[C@@H](NC(=O)[C@H](CCC(N)=O)NC(=O)[C@@H](N)CC(C)C)[C@@H](C)O)C(C)C)C(=O)N[C@@H](CCC(=O)O)C(=O)N1CCC[C@H]1C(=O)N[C@@H](CCC(N)=O)C(=O)NCC(=O)N[C@@H](CC(=O)O)C(=O)O. The second kappa shape index (κ2) is 57.8. The zero-order chi connectivity index (χ0) is 101. The standard InChI is InChI=1S/C83H137N21O27S2/c1-40(2)35-45(84)68(115)91-47(19-24-60(86)107)73(120)101-67(44(9)105)82(129)104-32-14-17-58(104)77(124)97-51(21-26-62(88)109)80(127)103-31-13-16-57(103)78(125)99-54(37-42(5)6)75(122)98-53(36-41(3)4)74(121)92-48(20-25-61(87)108)72(119)100-66(43(7)8)79(126)95-50(29-34-133-11)70(117)93-49(28-33-132-10)71(118)96-52(22-27-64(111)112)81(128)102-30-12-15-56(102)76(123)94-46(18-23-59(85)106)69(116)89-39-63(110)90-55(83(130)131)38-65(113)114/h40-58,66-67,105H,12-39,84H2,1-11H3,(H2,85,106)(H2,86,107)(H2,87,108)(H2,88,109)(H,89,116)(H,90,110)(H,91,115)(H,92,121)(H,93,117)(H,94,123)(H,95,126)(H,96,118)(H,97,124)(H,98,122)(H,99,125)(H,100,119)(H,101,120)(H,111,112)(H,113,114)(H,130,131)/t44-,45+,46+,47+,48+,49+,50+,51+,52+,53+,54+,55+,56+,57+,58+,66+,67+/m1/s1. The summed E-state index contributed by atoms with van der Waals surface area (Å²) in [6, 6.07) is -24.1. The molecule has 0 aliphatic carbocycles. The van der Waals surface area contributed by atoms with Gasteiger partial charge in [-0.1, -0.05) is 55.4 Å². The molecule has 0 bridgehead atoms. The minimum absolute atomic E-state index is 0.0140. The minimum atomic E-state index is -1.88. The Balaban J connectivity index is 1.89. The fourth-order valence-electron chi connectivity index (χ4n) is 15.0. The first-order valence-electron chi connectivity index (χ1n) is 44.4. The van der Waals surface area contributed by atoms with E-state index in [1.807, 2.05) is 19.2 Å². The Labute approximate surface area is 779 Å². The number of carboxylic acids is 3.